The smallest absolute Gasteiger partial charge is 0.258 e. The van der Waals surface area contributed by atoms with Crippen molar-refractivity contribution in [3.05, 3.63) is 39.7 Å². The maximum absolute atomic E-state index is 13.4. The lowest BCUT2D eigenvalue weighted by Gasteiger charge is -2.16. The molecule has 0 N–H and O–H groups in total. The molecule has 0 aromatic heterocycles. The second-order valence-electron chi connectivity index (χ2n) is 4.15. The fourth-order valence-corrected chi connectivity index (χ4v) is 1.82. The number of rotatable bonds is 5. The van der Waals surface area contributed by atoms with Gasteiger partial charge in [0.15, 0.2) is 0 Å². The molecule has 0 radical (unpaired) electrons. The van der Waals surface area contributed by atoms with Gasteiger partial charge >= 0.3 is 5.69 Å². The summed E-state index contributed by atoms with van der Waals surface area (Å²) in [5.74, 6) is -0.579. The molecule has 0 aliphatic rings. The van der Waals surface area contributed by atoms with Crippen LogP contribution in [-0.2, 0) is 6.42 Å². The molecular formula is C12H15ClFNO2. The number of benzene rings is 1. The molecule has 0 aliphatic heterocycles. The second-order valence-corrected chi connectivity index (χ2v) is 4.71. The summed E-state index contributed by atoms with van der Waals surface area (Å²) in [5.41, 5.74) is 0.249. The van der Waals surface area contributed by atoms with E-state index < -0.39 is 16.4 Å². The summed E-state index contributed by atoms with van der Waals surface area (Å²) in [6, 6.07) is 4.00. The first kappa shape index (κ1) is 13.9. The van der Waals surface area contributed by atoms with Gasteiger partial charge in [-0.15, -0.1) is 11.6 Å². The molecule has 2 unspecified atom stereocenters. The van der Waals surface area contributed by atoms with Gasteiger partial charge in [0.2, 0.25) is 5.82 Å². The average Bonchev–Trinajstić information content (AvgIpc) is 2.27. The molecule has 0 amide bonds. The van der Waals surface area contributed by atoms with E-state index in [0.29, 0.717) is 6.42 Å². The van der Waals surface area contributed by atoms with Crippen molar-refractivity contribution < 1.29 is 9.31 Å². The highest BCUT2D eigenvalue weighted by atomic mass is 35.5. The van der Waals surface area contributed by atoms with Crippen molar-refractivity contribution >= 4 is 17.3 Å². The molecule has 3 nitrogen and oxygen atoms in total. The van der Waals surface area contributed by atoms with Gasteiger partial charge in [0, 0.05) is 11.4 Å². The summed E-state index contributed by atoms with van der Waals surface area (Å²) in [6.45, 7) is 3.98. The van der Waals surface area contributed by atoms with Gasteiger partial charge in [0.05, 0.1) is 4.92 Å². The summed E-state index contributed by atoms with van der Waals surface area (Å²) < 4.78 is 13.4. The predicted octanol–water partition coefficient (Wildman–Crippen LogP) is 3.93. The molecule has 0 fully saturated rings. The lowest BCUT2D eigenvalue weighted by molar-refractivity contribution is -0.387. The van der Waals surface area contributed by atoms with E-state index in [1.165, 1.54) is 12.1 Å². The molecule has 94 valence electrons. The number of nitrogens with zero attached hydrogens (tertiary/aromatic N) is 1. The van der Waals surface area contributed by atoms with Gasteiger partial charge in [0.25, 0.3) is 0 Å². The largest absolute Gasteiger partial charge is 0.304 e. The Balaban J connectivity index is 2.81. The molecule has 0 aliphatic carbocycles. The molecule has 5 heteroatoms. The van der Waals surface area contributed by atoms with E-state index in [-0.39, 0.29) is 11.3 Å². The zero-order valence-electron chi connectivity index (χ0n) is 9.82. The van der Waals surface area contributed by atoms with Crippen LogP contribution in [0.4, 0.5) is 10.1 Å². The third-order valence-corrected chi connectivity index (χ3v) is 3.51. The Morgan fingerprint density at radius 2 is 2.18 bits per heavy atom. The predicted molar refractivity (Wildman–Crippen MR) is 65.9 cm³/mol. The molecule has 2 atom stereocenters. The molecule has 0 bridgehead atoms. The van der Waals surface area contributed by atoms with E-state index in [4.69, 9.17) is 11.6 Å². The van der Waals surface area contributed by atoms with Crippen LogP contribution in [0.3, 0.4) is 0 Å². The molecule has 1 aromatic carbocycles. The minimum atomic E-state index is -0.790. The van der Waals surface area contributed by atoms with E-state index in [0.717, 1.165) is 12.0 Å². The minimum absolute atomic E-state index is 0.0354. The van der Waals surface area contributed by atoms with Crippen LogP contribution in [0.1, 0.15) is 25.8 Å². The first-order valence-corrected chi connectivity index (χ1v) is 5.96. The van der Waals surface area contributed by atoms with Crippen molar-refractivity contribution in [3.8, 4) is 0 Å². The summed E-state index contributed by atoms with van der Waals surface area (Å²) in [5, 5.41) is 10.5. The standard InChI is InChI=1S/C12H15ClFNO2/c1-3-10(13)8(2)6-9-4-5-12(15(16)17)11(14)7-9/h4-5,7-8,10H,3,6H2,1-2H3. The lowest BCUT2D eigenvalue weighted by Crippen LogP contribution is -2.13. The summed E-state index contributed by atoms with van der Waals surface area (Å²) in [4.78, 5) is 9.73. The number of alkyl halides is 1. The molecule has 0 saturated carbocycles. The molecule has 0 heterocycles. The Bertz CT molecular complexity index is 411. The van der Waals surface area contributed by atoms with Gasteiger partial charge in [-0.1, -0.05) is 19.9 Å². The van der Waals surface area contributed by atoms with Crippen LogP contribution in [0, 0.1) is 21.8 Å². The Hall–Kier alpha value is -1.16. The molecule has 17 heavy (non-hydrogen) atoms. The maximum Gasteiger partial charge on any atom is 0.304 e. The number of nitro benzene ring substituents is 1. The van der Waals surface area contributed by atoms with Gasteiger partial charge in [-0.25, -0.2) is 0 Å². The van der Waals surface area contributed by atoms with Crippen molar-refractivity contribution in [3.63, 3.8) is 0 Å². The topological polar surface area (TPSA) is 43.1 Å². The summed E-state index contributed by atoms with van der Waals surface area (Å²) in [6.07, 6.45) is 1.47. The lowest BCUT2D eigenvalue weighted by atomic mass is 9.96. The van der Waals surface area contributed by atoms with Gasteiger partial charge < -0.3 is 0 Å². The van der Waals surface area contributed by atoms with Crippen molar-refractivity contribution in [2.24, 2.45) is 5.92 Å². The summed E-state index contributed by atoms with van der Waals surface area (Å²) >= 11 is 6.09. The monoisotopic (exact) mass is 259 g/mol. The van der Waals surface area contributed by atoms with Gasteiger partial charge in [-0.05, 0) is 30.4 Å². The van der Waals surface area contributed by atoms with E-state index >= 15 is 0 Å². The van der Waals surface area contributed by atoms with Crippen molar-refractivity contribution in [2.45, 2.75) is 32.1 Å². The number of nitro groups is 1. The van der Waals surface area contributed by atoms with Crippen LogP contribution >= 0.6 is 11.6 Å². The zero-order valence-corrected chi connectivity index (χ0v) is 10.6. The Morgan fingerprint density at radius 1 is 1.53 bits per heavy atom. The third kappa shape index (κ3) is 3.66. The van der Waals surface area contributed by atoms with Crippen LogP contribution in [0.25, 0.3) is 0 Å². The molecule has 1 aromatic rings. The third-order valence-electron chi connectivity index (χ3n) is 2.77. The molecule has 0 spiro atoms. The zero-order chi connectivity index (χ0) is 13.0. The average molecular weight is 260 g/mol. The molecule has 1 rings (SSSR count). The van der Waals surface area contributed by atoms with Crippen LogP contribution < -0.4 is 0 Å². The quantitative estimate of drug-likeness (QED) is 0.457. The number of hydrogen-bond donors (Lipinski definition) is 0. The minimum Gasteiger partial charge on any atom is -0.258 e. The highest BCUT2D eigenvalue weighted by molar-refractivity contribution is 6.20. The van der Waals surface area contributed by atoms with Gasteiger partial charge in [0.1, 0.15) is 0 Å². The Labute approximate surface area is 105 Å². The first-order valence-electron chi connectivity index (χ1n) is 5.52. The Morgan fingerprint density at radius 3 is 2.65 bits per heavy atom. The fraction of sp³-hybridized carbons (Fsp3) is 0.500. The maximum atomic E-state index is 13.4. The van der Waals surface area contributed by atoms with E-state index in [2.05, 4.69) is 0 Å². The van der Waals surface area contributed by atoms with Crippen LogP contribution in [-0.4, -0.2) is 10.3 Å². The van der Waals surface area contributed by atoms with Crippen LogP contribution in [0.15, 0.2) is 18.2 Å². The van der Waals surface area contributed by atoms with E-state index in [1.807, 2.05) is 13.8 Å². The summed E-state index contributed by atoms with van der Waals surface area (Å²) in [7, 11) is 0. The van der Waals surface area contributed by atoms with E-state index in [9.17, 15) is 14.5 Å². The Kier molecular flexibility index (Phi) is 4.87. The van der Waals surface area contributed by atoms with Crippen molar-refractivity contribution in [1.29, 1.82) is 0 Å². The SMILES string of the molecule is CCC(Cl)C(C)Cc1ccc([N+](=O)[O-])c(F)c1. The molecule has 0 saturated heterocycles. The highest BCUT2D eigenvalue weighted by Gasteiger charge is 2.17. The normalized spacial score (nSPS) is 14.4. The van der Waals surface area contributed by atoms with E-state index in [1.54, 1.807) is 6.07 Å². The second kappa shape index (κ2) is 5.96. The van der Waals surface area contributed by atoms with Gasteiger partial charge in [-0.3, -0.25) is 10.1 Å². The van der Waals surface area contributed by atoms with Crippen LogP contribution in [0.2, 0.25) is 0 Å². The number of hydrogen-bond acceptors (Lipinski definition) is 2. The first-order chi connectivity index (χ1) is 7.95. The highest BCUT2D eigenvalue weighted by Crippen LogP contribution is 2.23. The number of halogens is 2. The fourth-order valence-electron chi connectivity index (χ4n) is 1.73. The van der Waals surface area contributed by atoms with Crippen molar-refractivity contribution in [1.82, 2.24) is 0 Å². The van der Waals surface area contributed by atoms with Gasteiger partial charge in [-0.2, -0.15) is 4.39 Å². The van der Waals surface area contributed by atoms with Crippen molar-refractivity contribution in [2.75, 3.05) is 0 Å². The van der Waals surface area contributed by atoms with Crippen LogP contribution in [0.5, 0.6) is 0 Å². The molecular weight excluding hydrogens is 245 g/mol.